The minimum atomic E-state index is 0.880. The highest BCUT2D eigenvalue weighted by Crippen LogP contribution is 2.30. The molecule has 0 unspecified atom stereocenters. The summed E-state index contributed by atoms with van der Waals surface area (Å²) in [5, 5.41) is 4.19. The Morgan fingerprint density at radius 1 is 1.17 bits per heavy atom. The second-order valence-electron chi connectivity index (χ2n) is 4.50. The first kappa shape index (κ1) is 13.2. The van der Waals surface area contributed by atoms with E-state index in [1.165, 1.54) is 17.0 Å². The first-order valence-corrected chi connectivity index (χ1v) is 6.69. The Hall–Kier alpha value is -1.19. The molecule has 0 saturated heterocycles. The minimum Gasteiger partial charge on any atom is -0.293 e. The van der Waals surface area contributed by atoms with Crippen LogP contribution in [-0.4, -0.2) is 28.2 Å². The molecular weight excluding hydrogens is 246 g/mol. The summed E-state index contributed by atoms with van der Waals surface area (Å²) < 4.78 is 1.75. The molecule has 18 heavy (non-hydrogen) atoms. The lowest BCUT2D eigenvalue weighted by molar-refractivity contribution is -0.0520. The standard InChI is InChI=1S/C14H20ClN3/c1-4-14-12(2)16(3)17(18(14)15)11-10-13-8-6-5-7-9-13/h5-9H,4,10-11H2,1-3H3. The molecule has 98 valence electrons. The molecule has 1 aliphatic rings. The van der Waals surface area contributed by atoms with Crippen molar-refractivity contribution in [3.63, 3.8) is 0 Å². The molecule has 1 heterocycles. The minimum absolute atomic E-state index is 0.880. The van der Waals surface area contributed by atoms with Gasteiger partial charge in [0.2, 0.25) is 0 Å². The van der Waals surface area contributed by atoms with Crippen molar-refractivity contribution in [1.82, 2.24) is 14.7 Å². The summed E-state index contributed by atoms with van der Waals surface area (Å²) in [6, 6.07) is 10.5. The molecule has 1 aromatic carbocycles. The smallest absolute Gasteiger partial charge is 0.0701 e. The molecule has 1 aliphatic heterocycles. The number of halogens is 1. The van der Waals surface area contributed by atoms with Gasteiger partial charge < -0.3 is 0 Å². The number of allylic oxidation sites excluding steroid dienone is 2. The Labute approximate surface area is 114 Å². The summed E-state index contributed by atoms with van der Waals surface area (Å²) in [5.74, 6) is 0. The molecule has 0 atom stereocenters. The van der Waals surface area contributed by atoms with Crippen molar-refractivity contribution in [2.24, 2.45) is 0 Å². The van der Waals surface area contributed by atoms with Crippen LogP contribution in [0.2, 0.25) is 0 Å². The van der Waals surface area contributed by atoms with Crippen molar-refractivity contribution in [2.45, 2.75) is 26.7 Å². The average molecular weight is 266 g/mol. The van der Waals surface area contributed by atoms with E-state index in [-0.39, 0.29) is 0 Å². The Morgan fingerprint density at radius 3 is 2.39 bits per heavy atom. The Morgan fingerprint density at radius 2 is 1.83 bits per heavy atom. The molecule has 2 rings (SSSR count). The summed E-state index contributed by atoms with van der Waals surface area (Å²) in [6.07, 6.45) is 1.93. The molecule has 0 radical (unpaired) electrons. The molecule has 0 N–H and O–H groups in total. The van der Waals surface area contributed by atoms with Crippen molar-refractivity contribution in [3.8, 4) is 0 Å². The van der Waals surface area contributed by atoms with E-state index in [4.69, 9.17) is 11.8 Å². The highest BCUT2D eigenvalue weighted by atomic mass is 35.5. The number of benzene rings is 1. The lowest BCUT2D eigenvalue weighted by Gasteiger charge is -2.30. The van der Waals surface area contributed by atoms with Crippen molar-refractivity contribution >= 4 is 11.8 Å². The third-order valence-corrected chi connectivity index (χ3v) is 3.83. The third-order valence-electron chi connectivity index (χ3n) is 3.45. The average Bonchev–Trinajstić information content (AvgIpc) is 2.60. The van der Waals surface area contributed by atoms with Gasteiger partial charge in [-0.3, -0.25) is 5.01 Å². The topological polar surface area (TPSA) is 9.72 Å². The van der Waals surface area contributed by atoms with Crippen LogP contribution in [0.5, 0.6) is 0 Å². The van der Waals surface area contributed by atoms with Crippen LogP contribution in [-0.2, 0) is 6.42 Å². The van der Waals surface area contributed by atoms with Crippen LogP contribution in [0.15, 0.2) is 41.7 Å². The third kappa shape index (κ3) is 2.47. The molecule has 0 amide bonds. The first-order valence-electron chi connectivity index (χ1n) is 6.35. The SMILES string of the molecule is CCC1=C(C)N(C)N(CCc2ccccc2)N1Cl. The number of rotatable bonds is 4. The highest BCUT2D eigenvalue weighted by molar-refractivity contribution is 6.14. The van der Waals surface area contributed by atoms with E-state index in [1.54, 1.807) is 4.53 Å². The second-order valence-corrected chi connectivity index (χ2v) is 4.82. The molecule has 0 aromatic heterocycles. The van der Waals surface area contributed by atoms with Gasteiger partial charge in [0.15, 0.2) is 0 Å². The fourth-order valence-corrected chi connectivity index (χ4v) is 2.67. The van der Waals surface area contributed by atoms with E-state index < -0.39 is 0 Å². The van der Waals surface area contributed by atoms with E-state index in [0.29, 0.717) is 0 Å². The van der Waals surface area contributed by atoms with Crippen molar-refractivity contribution in [3.05, 3.63) is 47.3 Å². The zero-order valence-corrected chi connectivity index (χ0v) is 12.0. The lowest BCUT2D eigenvalue weighted by atomic mass is 10.1. The second kappa shape index (κ2) is 5.63. The van der Waals surface area contributed by atoms with Crippen molar-refractivity contribution < 1.29 is 0 Å². The molecule has 0 fully saturated rings. The van der Waals surface area contributed by atoms with Crippen LogP contribution >= 0.6 is 11.8 Å². The summed E-state index contributed by atoms with van der Waals surface area (Å²) in [5.41, 5.74) is 3.73. The first-order chi connectivity index (χ1) is 8.65. The van der Waals surface area contributed by atoms with Gasteiger partial charge in [-0.1, -0.05) is 37.3 Å². The van der Waals surface area contributed by atoms with Gasteiger partial charge in [-0.15, -0.1) is 5.12 Å². The Kier molecular flexibility index (Phi) is 4.15. The molecule has 3 nitrogen and oxygen atoms in total. The predicted molar refractivity (Wildman–Crippen MR) is 75.3 cm³/mol. The van der Waals surface area contributed by atoms with Gasteiger partial charge in [0.25, 0.3) is 0 Å². The van der Waals surface area contributed by atoms with Gasteiger partial charge in [-0.2, -0.15) is 4.53 Å². The maximum atomic E-state index is 6.36. The van der Waals surface area contributed by atoms with Crippen LogP contribution in [0.4, 0.5) is 0 Å². The molecule has 0 saturated carbocycles. The fraction of sp³-hybridized carbons (Fsp3) is 0.429. The normalized spacial score (nSPS) is 16.9. The molecule has 4 heteroatoms. The Bertz CT molecular complexity index is 430. The maximum absolute atomic E-state index is 6.36. The van der Waals surface area contributed by atoms with Crippen molar-refractivity contribution in [1.29, 1.82) is 0 Å². The molecule has 0 aliphatic carbocycles. The number of hydrogen-bond acceptors (Lipinski definition) is 3. The quantitative estimate of drug-likeness (QED) is 0.773. The summed E-state index contributed by atoms with van der Waals surface area (Å²) in [4.78, 5) is 0. The lowest BCUT2D eigenvalue weighted by Crippen LogP contribution is -2.41. The Balaban J connectivity index is 2.00. The number of hydrazine groups is 2. The van der Waals surface area contributed by atoms with Crippen molar-refractivity contribution in [2.75, 3.05) is 13.6 Å². The number of nitrogens with zero attached hydrogens (tertiary/aromatic N) is 3. The van der Waals surface area contributed by atoms with Crippen LogP contribution < -0.4 is 0 Å². The van der Waals surface area contributed by atoms with E-state index in [0.717, 1.165) is 19.4 Å². The molecule has 0 bridgehead atoms. The van der Waals surface area contributed by atoms with Gasteiger partial charge in [-0.05, 0) is 25.3 Å². The maximum Gasteiger partial charge on any atom is 0.0701 e. The zero-order chi connectivity index (χ0) is 13.1. The summed E-state index contributed by atoms with van der Waals surface area (Å²) in [6.45, 7) is 5.12. The van der Waals surface area contributed by atoms with Gasteiger partial charge >= 0.3 is 0 Å². The number of hydrogen-bond donors (Lipinski definition) is 0. The van der Waals surface area contributed by atoms with Gasteiger partial charge in [-0.25, -0.2) is 0 Å². The van der Waals surface area contributed by atoms with Gasteiger partial charge in [0.1, 0.15) is 0 Å². The van der Waals surface area contributed by atoms with E-state index in [1.807, 2.05) is 6.07 Å². The van der Waals surface area contributed by atoms with E-state index in [9.17, 15) is 0 Å². The van der Waals surface area contributed by atoms with Crippen LogP contribution in [0.1, 0.15) is 25.8 Å². The molecule has 0 spiro atoms. The predicted octanol–water partition coefficient (Wildman–Crippen LogP) is 3.40. The summed E-state index contributed by atoms with van der Waals surface area (Å²) in [7, 11) is 2.05. The fourth-order valence-electron chi connectivity index (χ4n) is 2.25. The van der Waals surface area contributed by atoms with Crippen LogP contribution in [0.25, 0.3) is 0 Å². The summed E-state index contributed by atoms with van der Waals surface area (Å²) >= 11 is 6.36. The molecule has 1 aromatic rings. The van der Waals surface area contributed by atoms with E-state index >= 15 is 0 Å². The largest absolute Gasteiger partial charge is 0.293 e. The van der Waals surface area contributed by atoms with Crippen LogP contribution in [0, 0.1) is 0 Å². The van der Waals surface area contributed by atoms with Gasteiger partial charge in [0, 0.05) is 25.4 Å². The van der Waals surface area contributed by atoms with Crippen LogP contribution in [0.3, 0.4) is 0 Å². The monoisotopic (exact) mass is 265 g/mol. The zero-order valence-electron chi connectivity index (χ0n) is 11.2. The highest BCUT2D eigenvalue weighted by Gasteiger charge is 2.29. The van der Waals surface area contributed by atoms with Gasteiger partial charge in [0.05, 0.1) is 11.4 Å². The molecular formula is C14H20ClN3. The van der Waals surface area contributed by atoms with E-state index in [2.05, 4.69) is 55.3 Å².